The Labute approximate surface area is 126 Å². The van der Waals surface area contributed by atoms with Gasteiger partial charge < -0.3 is 5.73 Å². The van der Waals surface area contributed by atoms with Crippen LogP contribution in [0.25, 0.3) is 0 Å². The van der Waals surface area contributed by atoms with Gasteiger partial charge in [-0.25, -0.2) is 0 Å². The number of halogens is 1. The van der Waals surface area contributed by atoms with Gasteiger partial charge in [0.2, 0.25) is 0 Å². The van der Waals surface area contributed by atoms with Crippen molar-refractivity contribution in [3.8, 4) is 0 Å². The molecular formula is C15H17BrN2S. The van der Waals surface area contributed by atoms with Gasteiger partial charge in [0, 0.05) is 29.3 Å². The summed E-state index contributed by atoms with van der Waals surface area (Å²) in [6, 6.07) is 9.02. The molecule has 2 N–H and O–H groups in total. The van der Waals surface area contributed by atoms with E-state index in [0.29, 0.717) is 0 Å². The van der Waals surface area contributed by atoms with Crippen LogP contribution in [0.2, 0.25) is 0 Å². The van der Waals surface area contributed by atoms with Gasteiger partial charge in [-0.1, -0.05) is 15.9 Å². The van der Waals surface area contributed by atoms with Crippen LogP contribution in [0.3, 0.4) is 0 Å². The number of hydrogen-bond donors (Lipinski definition) is 1. The van der Waals surface area contributed by atoms with Gasteiger partial charge in [-0.3, -0.25) is 4.90 Å². The Morgan fingerprint density at radius 2 is 2.11 bits per heavy atom. The van der Waals surface area contributed by atoms with Gasteiger partial charge >= 0.3 is 0 Å². The molecular weight excluding hydrogens is 320 g/mol. The van der Waals surface area contributed by atoms with Crippen LogP contribution in [0.15, 0.2) is 39.5 Å². The Kier molecular flexibility index (Phi) is 3.91. The molecule has 0 unspecified atom stereocenters. The molecule has 2 nitrogen and oxygen atoms in total. The van der Waals surface area contributed by atoms with Crippen molar-refractivity contribution in [3.63, 3.8) is 0 Å². The average molecular weight is 337 g/mol. The number of thiophene rings is 1. The highest BCUT2D eigenvalue weighted by atomic mass is 79.9. The fourth-order valence-electron chi connectivity index (χ4n) is 2.31. The average Bonchev–Trinajstić information content (AvgIpc) is 3.12. The van der Waals surface area contributed by atoms with Crippen LogP contribution < -0.4 is 5.73 Å². The quantitative estimate of drug-likeness (QED) is 0.826. The maximum atomic E-state index is 5.89. The monoisotopic (exact) mass is 336 g/mol. The third kappa shape index (κ3) is 3.38. The molecule has 0 atom stereocenters. The van der Waals surface area contributed by atoms with E-state index in [2.05, 4.69) is 43.7 Å². The van der Waals surface area contributed by atoms with Crippen molar-refractivity contribution in [2.45, 2.75) is 32.0 Å². The summed E-state index contributed by atoms with van der Waals surface area (Å²) in [5.74, 6) is 0. The van der Waals surface area contributed by atoms with E-state index in [1.807, 2.05) is 12.1 Å². The topological polar surface area (TPSA) is 29.3 Å². The lowest BCUT2D eigenvalue weighted by molar-refractivity contribution is 0.245. The highest BCUT2D eigenvalue weighted by molar-refractivity contribution is 9.10. The molecule has 0 bridgehead atoms. The van der Waals surface area contributed by atoms with Crippen LogP contribution in [-0.4, -0.2) is 10.9 Å². The smallest absolute Gasteiger partial charge is 0.0318 e. The molecule has 0 spiro atoms. The molecule has 19 heavy (non-hydrogen) atoms. The lowest BCUT2D eigenvalue weighted by Gasteiger charge is -2.22. The first-order valence-electron chi connectivity index (χ1n) is 6.51. The first kappa shape index (κ1) is 13.2. The maximum Gasteiger partial charge on any atom is 0.0318 e. The van der Waals surface area contributed by atoms with E-state index < -0.39 is 0 Å². The van der Waals surface area contributed by atoms with Gasteiger partial charge in [-0.2, -0.15) is 11.3 Å². The third-order valence-corrected chi connectivity index (χ3v) is 4.98. The van der Waals surface area contributed by atoms with Gasteiger partial charge in [0.15, 0.2) is 0 Å². The second kappa shape index (κ2) is 5.65. The highest BCUT2D eigenvalue weighted by Gasteiger charge is 2.29. The standard InChI is InChI=1S/C15H17BrN2S/c16-15-4-1-13(17)7-12(15)9-18(14-2-3-14)8-11-5-6-19-10-11/h1,4-7,10,14H,2-3,8-9,17H2. The molecule has 1 aliphatic rings. The third-order valence-electron chi connectivity index (χ3n) is 3.47. The molecule has 4 heteroatoms. The zero-order valence-electron chi connectivity index (χ0n) is 10.7. The fourth-order valence-corrected chi connectivity index (χ4v) is 3.34. The van der Waals surface area contributed by atoms with Crippen LogP contribution in [0.1, 0.15) is 24.0 Å². The summed E-state index contributed by atoms with van der Waals surface area (Å²) in [7, 11) is 0. The molecule has 1 aromatic heterocycles. The fraction of sp³-hybridized carbons (Fsp3) is 0.333. The molecule has 0 saturated heterocycles. The van der Waals surface area contributed by atoms with Crippen molar-refractivity contribution in [2.24, 2.45) is 0 Å². The van der Waals surface area contributed by atoms with Gasteiger partial charge in [0.1, 0.15) is 0 Å². The normalized spacial score (nSPS) is 15.1. The molecule has 1 fully saturated rings. The van der Waals surface area contributed by atoms with E-state index in [1.165, 1.54) is 24.0 Å². The number of hydrogen-bond acceptors (Lipinski definition) is 3. The van der Waals surface area contributed by atoms with Crippen molar-refractivity contribution in [3.05, 3.63) is 50.6 Å². The largest absolute Gasteiger partial charge is 0.399 e. The number of nitrogens with zero attached hydrogens (tertiary/aromatic N) is 1. The summed E-state index contributed by atoms with van der Waals surface area (Å²) >= 11 is 5.40. The summed E-state index contributed by atoms with van der Waals surface area (Å²) < 4.78 is 1.15. The SMILES string of the molecule is Nc1ccc(Br)c(CN(Cc2ccsc2)C2CC2)c1. The summed E-state index contributed by atoms with van der Waals surface area (Å²) in [6.45, 7) is 2.00. The zero-order chi connectivity index (χ0) is 13.2. The van der Waals surface area contributed by atoms with Crippen molar-refractivity contribution in [2.75, 3.05) is 5.73 Å². The summed E-state index contributed by atoms with van der Waals surface area (Å²) in [5.41, 5.74) is 9.42. The number of rotatable bonds is 5. The van der Waals surface area contributed by atoms with Crippen LogP contribution in [-0.2, 0) is 13.1 Å². The minimum Gasteiger partial charge on any atom is -0.399 e. The lowest BCUT2D eigenvalue weighted by atomic mass is 10.1. The first-order chi connectivity index (χ1) is 9.22. The number of anilines is 1. The van der Waals surface area contributed by atoms with Crippen LogP contribution in [0, 0.1) is 0 Å². The van der Waals surface area contributed by atoms with E-state index in [9.17, 15) is 0 Å². The molecule has 1 aliphatic carbocycles. The Hall–Kier alpha value is -0.840. The maximum absolute atomic E-state index is 5.89. The van der Waals surface area contributed by atoms with E-state index in [4.69, 9.17) is 5.73 Å². The Balaban J connectivity index is 1.76. The molecule has 0 amide bonds. The minimum absolute atomic E-state index is 0.744. The summed E-state index contributed by atoms with van der Waals surface area (Å²) in [6.07, 6.45) is 2.65. The van der Waals surface area contributed by atoms with Gasteiger partial charge in [-0.05, 0) is 59.0 Å². The Morgan fingerprint density at radius 3 is 2.79 bits per heavy atom. The molecule has 1 aromatic carbocycles. The molecule has 3 rings (SSSR count). The highest BCUT2D eigenvalue weighted by Crippen LogP contribution is 2.32. The van der Waals surface area contributed by atoms with E-state index in [1.54, 1.807) is 11.3 Å². The molecule has 0 radical (unpaired) electrons. The predicted octanol–water partition coefficient (Wildman–Crippen LogP) is 4.26. The molecule has 0 aliphatic heterocycles. The van der Waals surface area contributed by atoms with Gasteiger partial charge in [-0.15, -0.1) is 0 Å². The summed E-state index contributed by atoms with van der Waals surface area (Å²) in [4.78, 5) is 2.56. The summed E-state index contributed by atoms with van der Waals surface area (Å²) in [5, 5.41) is 4.39. The molecule has 1 heterocycles. The molecule has 2 aromatic rings. The second-order valence-corrected chi connectivity index (χ2v) is 6.75. The molecule has 100 valence electrons. The Morgan fingerprint density at radius 1 is 1.26 bits per heavy atom. The van der Waals surface area contributed by atoms with Gasteiger partial charge in [0.25, 0.3) is 0 Å². The minimum atomic E-state index is 0.744. The number of benzene rings is 1. The van der Waals surface area contributed by atoms with Crippen LogP contribution >= 0.6 is 27.3 Å². The van der Waals surface area contributed by atoms with Gasteiger partial charge in [0.05, 0.1) is 0 Å². The lowest BCUT2D eigenvalue weighted by Crippen LogP contribution is -2.25. The van der Waals surface area contributed by atoms with E-state index in [0.717, 1.165) is 29.3 Å². The van der Waals surface area contributed by atoms with Crippen LogP contribution in [0.4, 0.5) is 5.69 Å². The van der Waals surface area contributed by atoms with Crippen molar-refractivity contribution in [1.82, 2.24) is 4.90 Å². The predicted molar refractivity (Wildman–Crippen MR) is 85.1 cm³/mol. The van der Waals surface area contributed by atoms with Crippen molar-refractivity contribution >= 4 is 33.0 Å². The zero-order valence-corrected chi connectivity index (χ0v) is 13.1. The van der Waals surface area contributed by atoms with Crippen molar-refractivity contribution < 1.29 is 0 Å². The Bertz CT molecular complexity index is 549. The van der Waals surface area contributed by atoms with Crippen LogP contribution in [0.5, 0.6) is 0 Å². The second-order valence-electron chi connectivity index (χ2n) is 5.12. The first-order valence-corrected chi connectivity index (χ1v) is 8.25. The van der Waals surface area contributed by atoms with E-state index >= 15 is 0 Å². The number of nitrogen functional groups attached to an aromatic ring is 1. The van der Waals surface area contributed by atoms with Crippen molar-refractivity contribution in [1.29, 1.82) is 0 Å². The van der Waals surface area contributed by atoms with E-state index in [-0.39, 0.29) is 0 Å². The number of nitrogens with two attached hydrogens (primary N) is 1. The molecule has 1 saturated carbocycles.